The van der Waals surface area contributed by atoms with Crippen molar-refractivity contribution in [2.45, 2.75) is 13.1 Å². The normalized spacial score (nSPS) is 10.6. The van der Waals surface area contributed by atoms with Crippen LogP contribution in [0.2, 0.25) is 0 Å². The molecule has 172 valence electrons. The number of carbonyl (C=O) groups excluding carboxylic acids is 1. The number of nitrogens with one attached hydrogen (secondary N) is 2. The van der Waals surface area contributed by atoms with Crippen LogP contribution >= 0.6 is 0 Å². The molecule has 0 aliphatic heterocycles. The van der Waals surface area contributed by atoms with Crippen LogP contribution in [0.1, 0.15) is 21.5 Å². The number of benzene rings is 2. The molecule has 0 aliphatic rings. The average Bonchev–Trinajstić information content (AvgIpc) is 3.31. The molecule has 34 heavy (non-hydrogen) atoms. The highest BCUT2D eigenvalue weighted by Gasteiger charge is 2.13. The molecule has 0 saturated carbocycles. The fourth-order valence-corrected chi connectivity index (χ4v) is 3.55. The van der Waals surface area contributed by atoms with E-state index < -0.39 is 6.09 Å². The maximum absolute atomic E-state index is 13.3. The van der Waals surface area contributed by atoms with Crippen LogP contribution < -0.4 is 10.6 Å². The zero-order chi connectivity index (χ0) is 24.1. The molecule has 2 aromatic heterocycles. The molecule has 3 N–H and O–H groups in total. The zero-order valence-corrected chi connectivity index (χ0v) is 18.3. The third-order valence-electron chi connectivity index (χ3n) is 5.23. The van der Waals surface area contributed by atoms with E-state index >= 15 is 0 Å². The summed E-state index contributed by atoms with van der Waals surface area (Å²) >= 11 is 0. The molecule has 9 heteroatoms. The molecule has 0 bridgehead atoms. The van der Waals surface area contributed by atoms with Gasteiger partial charge in [-0.2, -0.15) is 5.10 Å². The largest absolute Gasteiger partial charge is 0.465 e. The van der Waals surface area contributed by atoms with Crippen molar-refractivity contribution >= 4 is 12.0 Å². The average molecular weight is 459 g/mol. The molecule has 0 fully saturated rings. The monoisotopic (exact) mass is 459 g/mol. The van der Waals surface area contributed by atoms with Gasteiger partial charge in [-0.15, -0.1) is 0 Å². The van der Waals surface area contributed by atoms with Gasteiger partial charge in [0.25, 0.3) is 5.91 Å². The van der Waals surface area contributed by atoms with Crippen LogP contribution in [-0.4, -0.2) is 38.9 Å². The van der Waals surface area contributed by atoms with E-state index in [1.165, 1.54) is 12.1 Å². The maximum Gasteiger partial charge on any atom is 0.404 e. The standard InChI is InChI=1S/C25H22FN5O3/c1-27-24(32)18-4-2-3-16(11-18)15-31-10-9-22(30-31)21-12-23(17-5-7-20(26)8-6-17)28-13-19(21)14-29-25(33)34/h2-13,29H,14-15H2,1H3,(H,27,32)(H,33,34). The summed E-state index contributed by atoms with van der Waals surface area (Å²) in [7, 11) is 1.58. The number of nitrogens with zero attached hydrogens (tertiary/aromatic N) is 3. The van der Waals surface area contributed by atoms with E-state index in [0.717, 1.165) is 11.1 Å². The van der Waals surface area contributed by atoms with Gasteiger partial charge in [-0.25, -0.2) is 9.18 Å². The van der Waals surface area contributed by atoms with Gasteiger partial charge in [0.15, 0.2) is 0 Å². The van der Waals surface area contributed by atoms with Gasteiger partial charge in [0.1, 0.15) is 5.82 Å². The fourth-order valence-electron chi connectivity index (χ4n) is 3.55. The van der Waals surface area contributed by atoms with Crippen molar-refractivity contribution in [3.05, 3.63) is 95.6 Å². The number of hydrogen-bond acceptors (Lipinski definition) is 4. The molecule has 0 atom stereocenters. The number of halogens is 1. The molecule has 2 heterocycles. The van der Waals surface area contributed by atoms with E-state index in [-0.39, 0.29) is 18.3 Å². The second-order valence-electron chi connectivity index (χ2n) is 7.57. The molecule has 0 aliphatic carbocycles. The molecule has 4 rings (SSSR count). The van der Waals surface area contributed by atoms with Crippen LogP contribution in [-0.2, 0) is 13.1 Å². The lowest BCUT2D eigenvalue weighted by Crippen LogP contribution is -2.20. The molecule has 2 aromatic carbocycles. The maximum atomic E-state index is 13.3. The highest BCUT2D eigenvalue weighted by molar-refractivity contribution is 5.94. The molecule has 2 amide bonds. The number of amides is 2. The van der Waals surface area contributed by atoms with Gasteiger partial charge in [0.05, 0.1) is 17.9 Å². The second kappa shape index (κ2) is 9.95. The Kier molecular flexibility index (Phi) is 6.63. The molecule has 0 unspecified atom stereocenters. The first-order chi connectivity index (χ1) is 16.4. The first-order valence-electron chi connectivity index (χ1n) is 10.5. The molecule has 8 nitrogen and oxygen atoms in total. The quantitative estimate of drug-likeness (QED) is 0.388. The minimum atomic E-state index is -1.14. The van der Waals surface area contributed by atoms with E-state index in [1.54, 1.807) is 36.1 Å². The summed E-state index contributed by atoms with van der Waals surface area (Å²) in [5.74, 6) is -0.505. The molecule has 4 aromatic rings. The lowest BCUT2D eigenvalue weighted by Gasteiger charge is -2.10. The second-order valence-corrected chi connectivity index (χ2v) is 7.57. The smallest absolute Gasteiger partial charge is 0.404 e. The summed E-state index contributed by atoms with van der Waals surface area (Å²) in [6.45, 7) is 0.506. The molecular formula is C25H22FN5O3. The van der Waals surface area contributed by atoms with Crippen molar-refractivity contribution in [1.29, 1.82) is 0 Å². The van der Waals surface area contributed by atoms with E-state index in [4.69, 9.17) is 5.11 Å². The van der Waals surface area contributed by atoms with Crippen LogP contribution in [0, 0.1) is 5.82 Å². The fraction of sp³-hybridized carbons (Fsp3) is 0.120. The van der Waals surface area contributed by atoms with Crippen molar-refractivity contribution in [3.8, 4) is 22.5 Å². The molecule has 0 spiro atoms. The number of rotatable bonds is 7. The Morgan fingerprint density at radius 3 is 2.59 bits per heavy atom. The Morgan fingerprint density at radius 1 is 1.06 bits per heavy atom. The number of aromatic nitrogens is 3. The molecule has 0 saturated heterocycles. The van der Waals surface area contributed by atoms with Crippen LogP contribution in [0.3, 0.4) is 0 Å². The van der Waals surface area contributed by atoms with Gasteiger partial charge in [-0.05, 0) is 59.7 Å². The molecular weight excluding hydrogens is 437 g/mol. The van der Waals surface area contributed by atoms with Gasteiger partial charge < -0.3 is 15.7 Å². The van der Waals surface area contributed by atoms with Gasteiger partial charge >= 0.3 is 6.09 Å². The van der Waals surface area contributed by atoms with Crippen LogP contribution in [0.5, 0.6) is 0 Å². The summed E-state index contributed by atoms with van der Waals surface area (Å²) in [6.07, 6.45) is 2.26. The highest BCUT2D eigenvalue weighted by Crippen LogP contribution is 2.27. The number of carboxylic acid groups (broad SMARTS) is 1. The number of pyridine rings is 1. The van der Waals surface area contributed by atoms with Crippen LogP contribution in [0.15, 0.2) is 73.1 Å². The minimum Gasteiger partial charge on any atom is -0.465 e. The Labute approximate surface area is 195 Å². The van der Waals surface area contributed by atoms with E-state index in [9.17, 15) is 14.0 Å². The number of carbonyl (C=O) groups is 2. The van der Waals surface area contributed by atoms with Crippen molar-refractivity contribution in [2.75, 3.05) is 7.05 Å². The first kappa shape index (κ1) is 22.7. The van der Waals surface area contributed by atoms with Gasteiger partial charge in [-0.1, -0.05) is 12.1 Å². The van der Waals surface area contributed by atoms with E-state index in [0.29, 0.717) is 34.6 Å². The summed E-state index contributed by atoms with van der Waals surface area (Å²) in [5.41, 5.74) is 4.81. The SMILES string of the molecule is CNC(=O)c1cccc(Cn2ccc(-c3cc(-c4ccc(F)cc4)ncc3CNC(=O)O)n2)c1. The third-order valence-corrected chi connectivity index (χ3v) is 5.23. The molecule has 0 radical (unpaired) electrons. The predicted octanol–water partition coefficient (Wildman–Crippen LogP) is 3.93. The topological polar surface area (TPSA) is 109 Å². The van der Waals surface area contributed by atoms with Gasteiger partial charge in [0.2, 0.25) is 0 Å². The van der Waals surface area contributed by atoms with Crippen LogP contribution in [0.25, 0.3) is 22.5 Å². The minimum absolute atomic E-state index is 0.0579. The van der Waals surface area contributed by atoms with Crippen LogP contribution in [0.4, 0.5) is 9.18 Å². The Morgan fingerprint density at radius 2 is 1.85 bits per heavy atom. The first-order valence-corrected chi connectivity index (χ1v) is 10.5. The van der Waals surface area contributed by atoms with Crippen molar-refractivity contribution in [3.63, 3.8) is 0 Å². The zero-order valence-electron chi connectivity index (χ0n) is 18.3. The summed E-state index contributed by atoms with van der Waals surface area (Å²) in [4.78, 5) is 27.4. The van der Waals surface area contributed by atoms with Crippen molar-refractivity contribution in [2.24, 2.45) is 0 Å². The lowest BCUT2D eigenvalue weighted by atomic mass is 10.0. The lowest BCUT2D eigenvalue weighted by molar-refractivity contribution is 0.0963. The summed E-state index contributed by atoms with van der Waals surface area (Å²) in [6, 6.07) is 16.9. The van der Waals surface area contributed by atoms with E-state index in [1.807, 2.05) is 36.5 Å². The Hall–Kier alpha value is -4.53. The van der Waals surface area contributed by atoms with Crippen molar-refractivity contribution in [1.82, 2.24) is 25.4 Å². The predicted molar refractivity (Wildman–Crippen MR) is 125 cm³/mol. The summed E-state index contributed by atoms with van der Waals surface area (Å²) < 4.78 is 15.1. The van der Waals surface area contributed by atoms with E-state index in [2.05, 4.69) is 20.7 Å². The Balaban J connectivity index is 1.66. The highest BCUT2D eigenvalue weighted by atomic mass is 19.1. The number of hydrogen-bond donors (Lipinski definition) is 3. The summed E-state index contributed by atoms with van der Waals surface area (Å²) in [5, 5.41) is 18.7. The third kappa shape index (κ3) is 5.26. The van der Waals surface area contributed by atoms with Crippen molar-refractivity contribution < 1.29 is 19.1 Å². The van der Waals surface area contributed by atoms with Gasteiger partial charge in [0, 0.05) is 42.7 Å². The Bertz CT molecular complexity index is 1330. The van der Waals surface area contributed by atoms with Gasteiger partial charge in [-0.3, -0.25) is 14.5 Å².